The molecule has 7 rings (SSSR count). The summed E-state index contributed by atoms with van der Waals surface area (Å²) in [6.07, 6.45) is 3.40. The van der Waals surface area contributed by atoms with Gasteiger partial charge in [-0.1, -0.05) is 64.5 Å². The molecule has 6 nitrogen and oxygen atoms in total. The van der Waals surface area contributed by atoms with Gasteiger partial charge in [-0.15, -0.1) is 0 Å². The molecule has 0 aliphatic carbocycles. The summed E-state index contributed by atoms with van der Waals surface area (Å²) in [5.74, 6) is -1.11. The maximum absolute atomic E-state index is 15.0. The fourth-order valence-corrected chi connectivity index (χ4v) is 7.60. The molecular formula is C30H23BrN4O2. The number of H-pyrrole nitrogens is 1. The van der Waals surface area contributed by atoms with E-state index < -0.39 is 16.9 Å². The van der Waals surface area contributed by atoms with Gasteiger partial charge in [0.25, 0.3) is 5.91 Å². The molecule has 0 radical (unpaired) electrons. The highest BCUT2D eigenvalue weighted by Crippen LogP contribution is 2.67. The van der Waals surface area contributed by atoms with Crippen LogP contribution in [0.25, 0.3) is 10.9 Å². The van der Waals surface area contributed by atoms with Crippen molar-refractivity contribution < 1.29 is 9.59 Å². The summed E-state index contributed by atoms with van der Waals surface area (Å²) in [7, 11) is 0. The van der Waals surface area contributed by atoms with E-state index in [1.165, 1.54) is 0 Å². The summed E-state index contributed by atoms with van der Waals surface area (Å²) in [4.78, 5) is 34.7. The van der Waals surface area contributed by atoms with Crippen molar-refractivity contribution in [2.45, 2.75) is 30.3 Å². The van der Waals surface area contributed by atoms with Crippen molar-refractivity contribution in [3.05, 3.63) is 100 Å². The predicted molar refractivity (Wildman–Crippen MR) is 144 cm³/mol. The van der Waals surface area contributed by atoms with Gasteiger partial charge >= 0.3 is 0 Å². The fraction of sp³-hybridized carbons (Fsp3) is 0.233. The van der Waals surface area contributed by atoms with Gasteiger partial charge in [-0.3, -0.25) is 14.5 Å². The highest BCUT2D eigenvalue weighted by molar-refractivity contribution is 9.10. The van der Waals surface area contributed by atoms with Crippen LogP contribution in [-0.2, 0) is 10.3 Å². The fourth-order valence-electron chi connectivity index (χ4n) is 7.34. The Morgan fingerprint density at radius 2 is 1.81 bits per heavy atom. The number of aromatic amines is 1. The number of anilines is 1. The summed E-state index contributed by atoms with van der Waals surface area (Å²) in [6, 6.07) is 25.4. The first-order valence-corrected chi connectivity index (χ1v) is 13.3. The maximum atomic E-state index is 15.0. The van der Waals surface area contributed by atoms with Crippen LogP contribution in [-0.4, -0.2) is 34.2 Å². The lowest BCUT2D eigenvalue weighted by atomic mass is 9.57. The third-order valence-corrected chi connectivity index (χ3v) is 9.17. The minimum Gasteiger partial charge on any atom is -0.360 e. The molecule has 4 heterocycles. The van der Waals surface area contributed by atoms with Gasteiger partial charge in [-0.05, 0) is 49.2 Å². The van der Waals surface area contributed by atoms with Gasteiger partial charge in [0.05, 0.1) is 6.07 Å². The zero-order chi connectivity index (χ0) is 25.4. The molecule has 2 N–H and O–H groups in total. The molecule has 3 aliphatic heterocycles. The van der Waals surface area contributed by atoms with E-state index in [1.807, 2.05) is 72.8 Å². The lowest BCUT2D eigenvalue weighted by Crippen LogP contribution is -2.59. The van der Waals surface area contributed by atoms with Crippen molar-refractivity contribution in [3.63, 3.8) is 0 Å². The number of carbonyl (C=O) groups excluding carboxylic acids is 2. The Bertz CT molecular complexity index is 1640. The number of nitrogens with zero attached hydrogens (tertiary/aromatic N) is 2. The Hall–Kier alpha value is -3.73. The number of para-hydroxylation sites is 2. The van der Waals surface area contributed by atoms with Gasteiger partial charge in [-0.2, -0.15) is 5.26 Å². The molecule has 37 heavy (non-hydrogen) atoms. The number of fused-ring (bicyclic) bond motifs is 5. The molecule has 1 spiro atoms. The number of aromatic nitrogens is 1. The number of hydrogen-bond acceptors (Lipinski definition) is 4. The third kappa shape index (κ3) is 2.67. The Labute approximate surface area is 222 Å². The van der Waals surface area contributed by atoms with Crippen molar-refractivity contribution in [2.24, 2.45) is 5.41 Å². The summed E-state index contributed by atoms with van der Waals surface area (Å²) in [5, 5.41) is 15.1. The molecular weight excluding hydrogens is 528 g/mol. The molecule has 3 aliphatic rings. The molecule has 182 valence electrons. The molecule has 0 bridgehead atoms. The number of amides is 1. The molecule has 3 aromatic carbocycles. The van der Waals surface area contributed by atoms with E-state index >= 15 is 4.79 Å². The number of hydrogen-bond donors (Lipinski definition) is 2. The van der Waals surface area contributed by atoms with E-state index in [0.29, 0.717) is 23.4 Å². The van der Waals surface area contributed by atoms with Crippen LogP contribution in [0, 0.1) is 16.7 Å². The Morgan fingerprint density at radius 3 is 2.62 bits per heavy atom. The van der Waals surface area contributed by atoms with Gasteiger partial charge in [-0.25, -0.2) is 0 Å². The van der Waals surface area contributed by atoms with E-state index in [-0.39, 0.29) is 17.7 Å². The number of Topliss-reactive ketones (excluding diaryl/α,β-unsaturated/α-hetero) is 1. The zero-order valence-corrected chi connectivity index (χ0v) is 21.5. The van der Waals surface area contributed by atoms with Crippen molar-refractivity contribution >= 4 is 44.2 Å². The van der Waals surface area contributed by atoms with Gasteiger partial charge in [0.1, 0.15) is 0 Å². The van der Waals surface area contributed by atoms with Gasteiger partial charge in [0, 0.05) is 50.3 Å². The first-order chi connectivity index (χ1) is 18.0. The van der Waals surface area contributed by atoms with Gasteiger partial charge < -0.3 is 10.3 Å². The highest BCUT2D eigenvalue weighted by Gasteiger charge is 2.78. The number of benzene rings is 3. The van der Waals surface area contributed by atoms with Crippen molar-refractivity contribution in [2.75, 3.05) is 11.9 Å². The quantitative estimate of drug-likeness (QED) is 0.318. The SMILES string of the molecule is N#C[C@]1(C(=O)c2c[nH]c3ccccc23)[C@H](c2ccc(Br)cc2)[C@H]2CCCN2[C@@]12C(=O)Nc1ccccc12. The van der Waals surface area contributed by atoms with E-state index in [9.17, 15) is 10.1 Å². The van der Waals surface area contributed by atoms with E-state index in [2.05, 4.69) is 37.2 Å². The second-order valence-corrected chi connectivity index (χ2v) is 11.1. The van der Waals surface area contributed by atoms with Crippen molar-refractivity contribution in [3.8, 4) is 6.07 Å². The molecule has 2 saturated heterocycles. The summed E-state index contributed by atoms with van der Waals surface area (Å²) in [6.45, 7) is 0.643. The largest absolute Gasteiger partial charge is 0.360 e. The van der Waals surface area contributed by atoms with Crippen LogP contribution >= 0.6 is 15.9 Å². The summed E-state index contributed by atoms with van der Waals surface area (Å²) < 4.78 is 0.918. The Morgan fingerprint density at radius 1 is 1.05 bits per heavy atom. The molecule has 2 fully saturated rings. The van der Waals surface area contributed by atoms with Gasteiger partial charge in [0.2, 0.25) is 0 Å². The maximum Gasteiger partial charge on any atom is 0.251 e. The second-order valence-electron chi connectivity index (χ2n) is 10.1. The first kappa shape index (κ1) is 22.5. The minimum atomic E-state index is -1.69. The molecule has 0 unspecified atom stereocenters. The lowest BCUT2D eigenvalue weighted by Gasteiger charge is -2.42. The molecule has 0 saturated carbocycles. The van der Waals surface area contributed by atoms with Crippen LogP contribution in [0.5, 0.6) is 0 Å². The topological polar surface area (TPSA) is 89.0 Å². The van der Waals surface area contributed by atoms with Crippen LogP contribution in [0.3, 0.4) is 0 Å². The van der Waals surface area contributed by atoms with Crippen molar-refractivity contribution in [1.82, 2.24) is 9.88 Å². The Balaban J connectivity index is 1.58. The molecule has 4 atom stereocenters. The summed E-state index contributed by atoms with van der Waals surface area (Å²) in [5.41, 5.74) is 0.409. The van der Waals surface area contributed by atoms with Crippen molar-refractivity contribution in [1.29, 1.82) is 5.26 Å². The standard InChI is InChI=1S/C30H23BrN4O2/c31-19-13-11-18(12-14-19)26-25-10-5-15-35(25)30(22-7-2-4-9-24(22)34-28(30)37)29(26,17-32)27(36)21-16-33-23-8-3-1-6-20(21)23/h1-4,6-9,11-14,16,25-26,33H,5,10,15H2,(H,34,37)/t25-,26-,29-,30+/m1/s1. The molecule has 7 heteroatoms. The van der Waals surface area contributed by atoms with E-state index in [0.717, 1.165) is 33.8 Å². The van der Waals surface area contributed by atoms with Crippen LogP contribution in [0.4, 0.5) is 5.69 Å². The zero-order valence-electron chi connectivity index (χ0n) is 19.9. The van der Waals surface area contributed by atoms with E-state index in [4.69, 9.17) is 0 Å². The van der Waals surface area contributed by atoms with Crippen LogP contribution in [0.1, 0.15) is 40.2 Å². The molecule has 1 amide bonds. The number of carbonyl (C=O) groups is 2. The highest BCUT2D eigenvalue weighted by atomic mass is 79.9. The molecule has 4 aromatic rings. The number of halogens is 1. The lowest BCUT2D eigenvalue weighted by molar-refractivity contribution is -0.129. The average Bonchev–Trinajstić information content (AvgIpc) is 3.67. The Kier molecular flexibility index (Phi) is 4.79. The summed E-state index contributed by atoms with van der Waals surface area (Å²) >= 11 is 3.52. The number of nitriles is 1. The number of ketones is 1. The van der Waals surface area contributed by atoms with Gasteiger partial charge in [0.15, 0.2) is 16.7 Å². The van der Waals surface area contributed by atoms with Crippen LogP contribution in [0.15, 0.2) is 83.5 Å². The number of nitrogens with one attached hydrogen (secondary N) is 2. The second kappa shape index (κ2) is 7.88. The molecule has 1 aromatic heterocycles. The minimum absolute atomic E-state index is 0.133. The normalized spacial score (nSPS) is 28.3. The van der Waals surface area contributed by atoms with Crippen LogP contribution < -0.4 is 5.32 Å². The first-order valence-electron chi connectivity index (χ1n) is 12.5. The average molecular weight is 551 g/mol. The number of rotatable bonds is 3. The third-order valence-electron chi connectivity index (χ3n) is 8.64. The smallest absolute Gasteiger partial charge is 0.251 e. The van der Waals surface area contributed by atoms with Crippen LogP contribution in [0.2, 0.25) is 0 Å². The van der Waals surface area contributed by atoms with E-state index in [1.54, 1.807) is 6.20 Å². The monoisotopic (exact) mass is 550 g/mol. The predicted octanol–water partition coefficient (Wildman–Crippen LogP) is 5.73.